The summed E-state index contributed by atoms with van der Waals surface area (Å²) in [6, 6.07) is 16.1. The van der Waals surface area contributed by atoms with Crippen molar-refractivity contribution in [2.45, 2.75) is 13.2 Å². The van der Waals surface area contributed by atoms with Crippen LogP contribution in [0.3, 0.4) is 0 Å². The first-order valence-corrected chi connectivity index (χ1v) is 11.5. The Kier molecular flexibility index (Phi) is 7.02. The molecule has 188 valence electrons. The molecule has 0 aliphatic rings. The van der Waals surface area contributed by atoms with Crippen molar-refractivity contribution in [1.82, 2.24) is 19.9 Å². The molecule has 0 aliphatic heterocycles. The SMILES string of the molecule is COc1cc(-c2ncc[nH]2)ccc1OCc1cccc(COc2ccc(-c3ncc[nH]3)cc2OC)c1F. The first-order valence-electron chi connectivity index (χ1n) is 11.5. The fourth-order valence-electron chi connectivity index (χ4n) is 3.88. The minimum Gasteiger partial charge on any atom is -0.493 e. The summed E-state index contributed by atoms with van der Waals surface area (Å²) in [5, 5.41) is 0. The molecule has 8 nitrogen and oxygen atoms in total. The third kappa shape index (κ3) is 5.25. The predicted molar refractivity (Wildman–Crippen MR) is 136 cm³/mol. The molecule has 0 radical (unpaired) electrons. The minimum atomic E-state index is -0.389. The zero-order chi connectivity index (χ0) is 25.6. The number of H-pyrrole nitrogens is 2. The van der Waals surface area contributed by atoms with Gasteiger partial charge in [0.2, 0.25) is 0 Å². The molecular weight excluding hydrogens is 475 g/mol. The van der Waals surface area contributed by atoms with Gasteiger partial charge in [-0.3, -0.25) is 0 Å². The van der Waals surface area contributed by atoms with Crippen LogP contribution < -0.4 is 18.9 Å². The Morgan fingerprint density at radius 2 is 1.16 bits per heavy atom. The van der Waals surface area contributed by atoms with Crippen molar-refractivity contribution in [2.75, 3.05) is 14.2 Å². The van der Waals surface area contributed by atoms with Gasteiger partial charge in [-0.05, 0) is 36.4 Å². The minimum absolute atomic E-state index is 0.0251. The molecule has 5 rings (SSSR count). The maximum atomic E-state index is 15.3. The summed E-state index contributed by atoms with van der Waals surface area (Å²) in [6.07, 6.45) is 6.85. The lowest BCUT2D eigenvalue weighted by Gasteiger charge is -2.15. The lowest BCUT2D eigenvalue weighted by molar-refractivity contribution is 0.270. The number of rotatable bonds is 10. The van der Waals surface area contributed by atoms with Gasteiger partial charge in [0.25, 0.3) is 0 Å². The average Bonchev–Trinajstić information content (AvgIpc) is 3.67. The highest BCUT2D eigenvalue weighted by molar-refractivity contribution is 5.62. The Morgan fingerprint density at radius 3 is 1.57 bits per heavy atom. The number of imidazole rings is 2. The van der Waals surface area contributed by atoms with Crippen molar-refractivity contribution in [2.24, 2.45) is 0 Å². The van der Waals surface area contributed by atoms with Crippen LogP contribution in [0, 0.1) is 5.82 Å². The second-order valence-electron chi connectivity index (χ2n) is 8.07. The molecule has 9 heteroatoms. The number of ether oxygens (including phenoxy) is 4. The van der Waals surface area contributed by atoms with Crippen LogP contribution in [0.4, 0.5) is 4.39 Å². The normalized spacial score (nSPS) is 10.8. The van der Waals surface area contributed by atoms with E-state index >= 15 is 4.39 Å². The Balaban J connectivity index is 1.27. The fraction of sp³-hybridized carbons (Fsp3) is 0.143. The summed E-state index contributed by atoms with van der Waals surface area (Å²) >= 11 is 0. The predicted octanol–water partition coefficient (Wildman–Crippen LogP) is 5.78. The molecule has 0 amide bonds. The van der Waals surface area contributed by atoms with E-state index in [9.17, 15) is 0 Å². The van der Waals surface area contributed by atoms with Crippen LogP contribution in [-0.2, 0) is 13.2 Å². The van der Waals surface area contributed by atoms with Crippen LogP contribution in [0.2, 0.25) is 0 Å². The average molecular weight is 501 g/mol. The lowest BCUT2D eigenvalue weighted by Crippen LogP contribution is -2.05. The van der Waals surface area contributed by atoms with Gasteiger partial charge in [-0.2, -0.15) is 0 Å². The number of halogens is 1. The molecular formula is C28H25FN4O4. The molecule has 0 bridgehead atoms. The summed E-state index contributed by atoms with van der Waals surface area (Å²) in [4.78, 5) is 14.6. The molecule has 0 aliphatic carbocycles. The van der Waals surface area contributed by atoms with E-state index in [4.69, 9.17) is 18.9 Å². The van der Waals surface area contributed by atoms with Gasteiger partial charge in [-0.25, -0.2) is 14.4 Å². The van der Waals surface area contributed by atoms with E-state index in [1.807, 2.05) is 24.3 Å². The maximum absolute atomic E-state index is 15.3. The second kappa shape index (κ2) is 10.9. The monoisotopic (exact) mass is 500 g/mol. The third-order valence-corrected chi connectivity index (χ3v) is 5.80. The molecule has 0 saturated heterocycles. The number of aromatic amines is 2. The van der Waals surface area contributed by atoms with Gasteiger partial charge in [0.15, 0.2) is 23.0 Å². The van der Waals surface area contributed by atoms with E-state index in [2.05, 4.69) is 19.9 Å². The Bertz CT molecular complexity index is 1360. The van der Waals surface area contributed by atoms with Crippen molar-refractivity contribution in [1.29, 1.82) is 0 Å². The number of methoxy groups -OCH3 is 2. The smallest absolute Gasteiger partial charge is 0.161 e. The van der Waals surface area contributed by atoms with Gasteiger partial charge in [-0.1, -0.05) is 18.2 Å². The number of aromatic nitrogens is 4. The van der Waals surface area contributed by atoms with Crippen LogP contribution in [0.1, 0.15) is 11.1 Å². The Hall–Kier alpha value is -4.79. The fourth-order valence-corrected chi connectivity index (χ4v) is 3.88. The highest BCUT2D eigenvalue weighted by Crippen LogP contribution is 2.34. The van der Waals surface area contributed by atoms with Crippen molar-refractivity contribution >= 4 is 0 Å². The van der Waals surface area contributed by atoms with Crippen molar-refractivity contribution in [3.05, 3.63) is 96.3 Å². The summed E-state index contributed by atoms with van der Waals surface area (Å²) in [5.41, 5.74) is 2.51. The van der Waals surface area contributed by atoms with E-state index in [1.165, 1.54) is 0 Å². The Morgan fingerprint density at radius 1 is 0.676 bits per heavy atom. The molecule has 2 N–H and O–H groups in total. The molecule has 0 saturated carbocycles. The highest BCUT2D eigenvalue weighted by atomic mass is 19.1. The number of hydrogen-bond acceptors (Lipinski definition) is 6. The zero-order valence-corrected chi connectivity index (χ0v) is 20.3. The standard InChI is InChI=1S/C28H25FN4O4/c1-34-24-14-18(27-30-10-11-31-27)6-8-22(24)36-16-20-4-3-5-21(26(20)29)17-37-23-9-7-19(15-25(23)35-2)28-32-12-13-33-28/h3-15H,16-17H2,1-2H3,(H,30,31)(H,32,33). The summed E-state index contributed by atoms with van der Waals surface area (Å²) in [5.74, 6) is 3.10. The highest BCUT2D eigenvalue weighted by Gasteiger charge is 2.14. The summed E-state index contributed by atoms with van der Waals surface area (Å²) in [6.45, 7) is 0.0502. The molecule has 0 spiro atoms. The largest absolute Gasteiger partial charge is 0.493 e. The van der Waals surface area contributed by atoms with Crippen LogP contribution in [0.15, 0.2) is 79.4 Å². The van der Waals surface area contributed by atoms with Crippen LogP contribution in [0.25, 0.3) is 22.8 Å². The van der Waals surface area contributed by atoms with Crippen LogP contribution in [0.5, 0.6) is 23.0 Å². The Labute approximate surface area is 213 Å². The van der Waals surface area contributed by atoms with E-state index in [0.29, 0.717) is 34.1 Å². The van der Waals surface area contributed by atoms with Crippen LogP contribution in [-0.4, -0.2) is 34.2 Å². The number of benzene rings is 3. The van der Waals surface area contributed by atoms with Crippen molar-refractivity contribution in [3.63, 3.8) is 0 Å². The number of nitrogens with zero attached hydrogens (tertiary/aromatic N) is 2. The third-order valence-electron chi connectivity index (χ3n) is 5.80. The van der Waals surface area contributed by atoms with Gasteiger partial charge in [0.1, 0.15) is 30.7 Å². The maximum Gasteiger partial charge on any atom is 0.161 e. The quantitative estimate of drug-likeness (QED) is 0.252. The first-order chi connectivity index (χ1) is 18.2. The molecule has 0 atom stereocenters. The molecule has 0 fully saturated rings. The van der Waals surface area contributed by atoms with E-state index in [1.54, 1.807) is 69.3 Å². The van der Waals surface area contributed by atoms with E-state index in [0.717, 1.165) is 22.8 Å². The molecule has 3 aromatic carbocycles. The van der Waals surface area contributed by atoms with Crippen LogP contribution >= 0.6 is 0 Å². The van der Waals surface area contributed by atoms with Gasteiger partial charge >= 0.3 is 0 Å². The topological polar surface area (TPSA) is 94.3 Å². The molecule has 2 heterocycles. The number of nitrogens with one attached hydrogen (secondary N) is 2. The number of hydrogen-bond donors (Lipinski definition) is 2. The van der Waals surface area contributed by atoms with Crippen molar-refractivity contribution in [3.8, 4) is 45.8 Å². The first kappa shape index (κ1) is 23.9. The molecule has 0 unspecified atom stereocenters. The van der Waals surface area contributed by atoms with E-state index < -0.39 is 0 Å². The summed E-state index contributed by atoms with van der Waals surface area (Å²) < 4.78 is 38.0. The lowest BCUT2D eigenvalue weighted by atomic mass is 10.1. The molecule has 5 aromatic rings. The summed E-state index contributed by atoms with van der Waals surface area (Å²) in [7, 11) is 3.12. The second-order valence-corrected chi connectivity index (χ2v) is 8.07. The van der Waals surface area contributed by atoms with Gasteiger partial charge in [-0.15, -0.1) is 0 Å². The molecule has 2 aromatic heterocycles. The van der Waals surface area contributed by atoms with Gasteiger partial charge in [0.05, 0.1) is 14.2 Å². The van der Waals surface area contributed by atoms with Gasteiger partial charge < -0.3 is 28.9 Å². The zero-order valence-electron chi connectivity index (χ0n) is 20.3. The molecule has 37 heavy (non-hydrogen) atoms. The van der Waals surface area contributed by atoms with Gasteiger partial charge in [0, 0.05) is 47.0 Å². The van der Waals surface area contributed by atoms with E-state index in [-0.39, 0.29) is 19.0 Å². The van der Waals surface area contributed by atoms with Crippen molar-refractivity contribution < 1.29 is 23.3 Å².